The zero-order valence-corrected chi connectivity index (χ0v) is 15.7. The normalized spacial score (nSPS) is 25.2. The summed E-state index contributed by atoms with van der Waals surface area (Å²) in [6, 6.07) is 7.69. The molecule has 0 radical (unpaired) electrons. The minimum atomic E-state index is -0.348. The third kappa shape index (κ3) is 5.69. The standard InChI is InChI=1S/C19H27N3O3.ClH/c20-15-6-2-5-14(11-15)18(23)21-12-13-4-1-7-16(10-13)22-19(24)17-8-3-9-25-17;/h1,4,7,10,14-15,17H,2-3,5-6,8-9,11-12,20H2,(H,21,23)(H,22,24);1H. The van der Waals surface area contributed by atoms with Gasteiger partial charge >= 0.3 is 0 Å². The molecule has 26 heavy (non-hydrogen) atoms. The Hall–Kier alpha value is -1.63. The summed E-state index contributed by atoms with van der Waals surface area (Å²) in [7, 11) is 0. The Morgan fingerprint density at radius 3 is 2.73 bits per heavy atom. The second kappa shape index (κ2) is 9.90. The van der Waals surface area contributed by atoms with Gasteiger partial charge in [-0.3, -0.25) is 9.59 Å². The van der Waals surface area contributed by atoms with E-state index >= 15 is 0 Å². The van der Waals surface area contributed by atoms with Crippen molar-refractivity contribution in [3.8, 4) is 0 Å². The second-order valence-corrected chi connectivity index (χ2v) is 7.03. The van der Waals surface area contributed by atoms with Gasteiger partial charge in [0, 0.05) is 30.8 Å². The number of anilines is 1. The van der Waals surface area contributed by atoms with Crippen LogP contribution in [-0.4, -0.2) is 30.6 Å². The third-order valence-electron chi connectivity index (χ3n) is 4.97. The molecule has 1 saturated carbocycles. The molecule has 2 amide bonds. The van der Waals surface area contributed by atoms with Crippen LogP contribution < -0.4 is 16.4 Å². The summed E-state index contributed by atoms with van der Waals surface area (Å²) in [5.74, 6) is -0.00928. The number of ether oxygens (including phenoxy) is 1. The van der Waals surface area contributed by atoms with Crippen molar-refractivity contribution in [2.24, 2.45) is 11.7 Å². The first-order chi connectivity index (χ1) is 12.1. The van der Waals surface area contributed by atoms with E-state index in [-0.39, 0.29) is 42.3 Å². The highest BCUT2D eigenvalue weighted by molar-refractivity contribution is 5.94. The lowest BCUT2D eigenvalue weighted by Crippen LogP contribution is -2.37. The van der Waals surface area contributed by atoms with Crippen LogP contribution in [-0.2, 0) is 20.9 Å². The van der Waals surface area contributed by atoms with Gasteiger partial charge in [0.1, 0.15) is 6.10 Å². The lowest BCUT2D eigenvalue weighted by molar-refractivity contribution is -0.126. The molecule has 0 spiro atoms. The minimum absolute atomic E-state index is 0. The Balaban J connectivity index is 0.00000243. The van der Waals surface area contributed by atoms with E-state index in [1.807, 2.05) is 24.3 Å². The predicted octanol–water partition coefficient (Wildman–Crippen LogP) is 2.36. The first-order valence-corrected chi connectivity index (χ1v) is 9.16. The van der Waals surface area contributed by atoms with Crippen molar-refractivity contribution in [2.45, 2.75) is 57.2 Å². The van der Waals surface area contributed by atoms with Crippen molar-refractivity contribution in [3.63, 3.8) is 0 Å². The Morgan fingerprint density at radius 2 is 2.00 bits per heavy atom. The summed E-state index contributed by atoms with van der Waals surface area (Å²) in [4.78, 5) is 24.4. The maximum atomic E-state index is 12.3. The quantitative estimate of drug-likeness (QED) is 0.729. The molecule has 2 aliphatic rings. The van der Waals surface area contributed by atoms with Crippen LogP contribution in [0, 0.1) is 5.92 Å². The van der Waals surface area contributed by atoms with Crippen molar-refractivity contribution in [3.05, 3.63) is 29.8 Å². The van der Waals surface area contributed by atoms with Gasteiger partial charge in [-0.25, -0.2) is 0 Å². The van der Waals surface area contributed by atoms with Crippen LogP contribution in [0.25, 0.3) is 0 Å². The predicted molar refractivity (Wildman–Crippen MR) is 103 cm³/mol. The fraction of sp³-hybridized carbons (Fsp3) is 0.579. The Kier molecular flexibility index (Phi) is 7.87. The molecule has 3 unspecified atom stereocenters. The van der Waals surface area contributed by atoms with E-state index in [1.54, 1.807) is 0 Å². The summed E-state index contributed by atoms with van der Waals surface area (Å²) in [6.07, 6.45) is 5.06. The highest BCUT2D eigenvalue weighted by Crippen LogP contribution is 2.23. The molecule has 3 atom stereocenters. The van der Waals surface area contributed by atoms with Crippen molar-refractivity contribution < 1.29 is 14.3 Å². The van der Waals surface area contributed by atoms with Gasteiger partial charge in [-0.1, -0.05) is 18.6 Å². The number of amides is 2. The fourth-order valence-corrected chi connectivity index (χ4v) is 3.57. The Labute approximate surface area is 160 Å². The lowest BCUT2D eigenvalue weighted by Gasteiger charge is -2.25. The number of nitrogens with one attached hydrogen (secondary N) is 2. The van der Waals surface area contributed by atoms with Gasteiger partial charge in [-0.05, 0) is 49.8 Å². The molecule has 1 aromatic carbocycles. The zero-order valence-electron chi connectivity index (χ0n) is 14.9. The largest absolute Gasteiger partial charge is 0.368 e. The van der Waals surface area contributed by atoms with E-state index < -0.39 is 0 Å². The van der Waals surface area contributed by atoms with Gasteiger partial charge in [0.15, 0.2) is 0 Å². The van der Waals surface area contributed by atoms with Crippen molar-refractivity contribution in [2.75, 3.05) is 11.9 Å². The van der Waals surface area contributed by atoms with Crippen LogP contribution in [0.1, 0.15) is 44.1 Å². The smallest absolute Gasteiger partial charge is 0.253 e. The maximum absolute atomic E-state index is 12.3. The summed E-state index contributed by atoms with van der Waals surface area (Å²) in [5.41, 5.74) is 7.64. The van der Waals surface area contributed by atoms with E-state index in [2.05, 4.69) is 10.6 Å². The number of benzene rings is 1. The van der Waals surface area contributed by atoms with Gasteiger partial charge < -0.3 is 21.1 Å². The van der Waals surface area contributed by atoms with Gasteiger partial charge in [0.05, 0.1) is 0 Å². The zero-order chi connectivity index (χ0) is 17.6. The lowest BCUT2D eigenvalue weighted by atomic mass is 9.85. The molecule has 1 aliphatic carbocycles. The number of hydrogen-bond acceptors (Lipinski definition) is 4. The third-order valence-corrected chi connectivity index (χ3v) is 4.97. The van der Waals surface area contributed by atoms with Crippen LogP contribution in [0.2, 0.25) is 0 Å². The molecule has 6 nitrogen and oxygen atoms in total. The van der Waals surface area contributed by atoms with Crippen molar-refractivity contribution in [1.29, 1.82) is 0 Å². The number of carbonyl (C=O) groups excluding carboxylic acids is 2. The second-order valence-electron chi connectivity index (χ2n) is 7.03. The summed E-state index contributed by atoms with van der Waals surface area (Å²) in [5, 5.41) is 5.88. The Morgan fingerprint density at radius 1 is 1.15 bits per heavy atom. The monoisotopic (exact) mass is 381 g/mol. The van der Waals surface area contributed by atoms with Crippen LogP contribution in [0.3, 0.4) is 0 Å². The molecule has 1 aliphatic heterocycles. The summed E-state index contributed by atoms with van der Waals surface area (Å²) in [6.45, 7) is 1.10. The maximum Gasteiger partial charge on any atom is 0.253 e. The van der Waals surface area contributed by atoms with Gasteiger partial charge in [0.25, 0.3) is 5.91 Å². The molecule has 0 bridgehead atoms. The fourth-order valence-electron chi connectivity index (χ4n) is 3.57. The number of hydrogen-bond donors (Lipinski definition) is 3. The SMILES string of the molecule is Cl.NC1CCCC(C(=O)NCc2cccc(NC(=O)C3CCCO3)c2)C1. The highest BCUT2D eigenvalue weighted by Gasteiger charge is 2.25. The number of carbonyl (C=O) groups is 2. The molecular formula is C19H28ClN3O3. The van der Waals surface area contributed by atoms with Gasteiger partial charge in [-0.2, -0.15) is 0 Å². The van der Waals surface area contributed by atoms with E-state index in [0.29, 0.717) is 13.2 Å². The molecule has 3 rings (SSSR count). The first kappa shape index (κ1) is 20.7. The van der Waals surface area contributed by atoms with Gasteiger partial charge in [-0.15, -0.1) is 12.4 Å². The van der Waals surface area contributed by atoms with Crippen molar-refractivity contribution >= 4 is 29.9 Å². The van der Waals surface area contributed by atoms with Crippen LogP contribution >= 0.6 is 12.4 Å². The average Bonchev–Trinajstić information content (AvgIpc) is 3.15. The van der Waals surface area contributed by atoms with Crippen LogP contribution in [0.5, 0.6) is 0 Å². The summed E-state index contributed by atoms with van der Waals surface area (Å²) >= 11 is 0. The number of nitrogens with two attached hydrogens (primary N) is 1. The molecule has 2 fully saturated rings. The van der Waals surface area contributed by atoms with E-state index in [0.717, 1.165) is 49.8 Å². The van der Waals surface area contributed by atoms with Crippen LogP contribution in [0.15, 0.2) is 24.3 Å². The molecule has 1 aromatic rings. The molecule has 1 saturated heterocycles. The van der Waals surface area contributed by atoms with E-state index in [9.17, 15) is 9.59 Å². The first-order valence-electron chi connectivity index (χ1n) is 9.16. The number of rotatable bonds is 5. The molecule has 7 heteroatoms. The number of halogens is 1. The average molecular weight is 382 g/mol. The Bertz CT molecular complexity index is 620. The summed E-state index contributed by atoms with van der Waals surface area (Å²) < 4.78 is 5.39. The topological polar surface area (TPSA) is 93.5 Å². The minimum Gasteiger partial charge on any atom is -0.368 e. The van der Waals surface area contributed by atoms with E-state index in [4.69, 9.17) is 10.5 Å². The molecule has 1 heterocycles. The van der Waals surface area contributed by atoms with E-state index in [1.165, 1.54) is 0 Å². The molecule has 144 valence electrons. The van der Waals surface area contributed by atoms with Gasteiger partial charge in [0.2, 0.25) is 5.91 Å². The van der Waals surface area contributed by atoms with Crippen molar-refractivity contribution in [1.82, 2.24) is 5.32 Å². The van der Waals surface area contributed by atoms with Crippen LogP contribution in [0.4, 0.5) is 5.69 Å². The molecule has 0 aromatic heterocycles. The molecule has 4 N–H and O–H groups in total. The highest BCUT2D eigenvalue weighted by atomic mass is 35.5. The molecular weight excluding hydrogens is 354 g/mol.